The van der Waals surface area contributed by atoms with Crippen molar-refractivity contribution in [1.29, 1.82) is 0 Å². The number of amides is 1. The van der Waals surface area contributed by atoms with Crippen molar-refractivity contribution in [3.05, 3.63) is 48.0 Å². The largest absolute Gasteiger partial charge is 0.351 e. The lowest BCUT2D eigenvalue weighted by Gasteiger charge is -2.11. The average Bonchev–Trinajstić information content (AvgIpc) is 3.21. The molecule has 1 saturated carbocycles. The summed E-state index contributed by atoms with van der Waals surface area (Å²) in [7, 11) is 0. The normalized spacial score (nSPS) is 14.0. The summed E-state index contributed by atoms with van der Waals surface area (Å²) in [6.07, 6.45) is 5.81. The number of carbonyl (C=O) groups is 1. The number of nitrogens with one attached hydrogen (secondary N) is 2. The number of rotatable bonds is 8. The van der Waals surface area contributed by atoms with E-state index in [1.807, 2.05) is 18.2 Å². The minimum Gasteiger partial charge on any atom is -0.351 e. The summed E-state index contributed by atoms with van der Waals surface area (Å²) in [6, 6.07) is 8.06. The van der Waals surface area contributed by atoms with E-state index < -0.39 is 0 Å². The van der Waals surface area contributed by atoms with Crippen molar-refractivity contribution in [3.63, 3.8) is 0 Å². The fraction of sp³-hybridized carbons (Fsp3) is 0.438. The van der Waals surface area contributed by atoms with Gasteiger partial charge >= 0.3 is 0 Å². The molecule has 1 aliphatic carbocycles. The van der Waals surface area contributed by atoms with E-state index in [1.54, 1.807) is 11.0 Å². The highest BCUT2D eigenvalue weighted by atomic mass is 16.1. The zero-order valence-corrected chi connectivity index (χ0v) is 12.5. The standard InChI is InChI=1S/C16H21N5O/c22-16(9-17-7-13-5-6-13)19-8-14-3-1-2-4-15(14)10-21-12-18-11-20-21/h1-4,11-13,17H,5-10H2,(H,19,22). The van der Waals surface area contributed by atoms with Crippen LogP contribution in [-0.2, 0) is 17.9 Å². The number of carbonyl (C=O) groups excluding carboxylic acids is 1. The molecule has 116 valence electrons. The van der Waals surface area contributed by atoms with Crippen LogP contribution in [0.1, 0.15) is 24.0 Å². The maximum atomic E-state index is 11.8. The van der Waals surface area contributed by atoms with Crippen molar-refractivity contribution in [2.45, 2.75) is 25.9 Å². The van der Waals surface area contributed by atoms with Gasteiger partial charge in [-0.25, -0.2) is 9.67 Å². The van der Waals surface area contributed by atoms with Crippen LogP contribution < -0.4 is 10.6 Å². The molecular weight excluding hydrogens is 278 g/mol. The zero-order valence-electron chi connectivity index (χ0n) is 12.5. The Kier molecular flexibility index (Phi) is 4.80. The van der Waals surface area contributed by atoms with Crippen molar-refractivity contribution in [1.82, 2.24) is 25.4 Å². The maximum absolute atomic E-state index is 11.8. The Morgan fingerprint density at radius 3 is 2.82 bits per heavy atom. The number of aromatic nitrogens is 3. The van der Waals surface area contributed by atoms with Gasteiger partial charge < -0.3 is 10.6 Å². The van der Waals surface area contributed by atoms with Gasteiger partial charge in [0.1, 0.15) is 12.7 Å². The predicted molar refractivity (Wildman–Crippen MR) is 83.0 cm³/mol. The van der Waals surface area contributed by atoms with Crippen LogP contribution in [0.4, 0.5) is 0 Å². The van der Waals surface area contributed by atoms with Crippen molar-refractivity contribution in [2.75, 3.05) is 13.1 Å². The van der Waals surface area contributed by atoms with Crippen LogP contribution in [0, 0.1) is 5.92 Å². The monoisotopic (exact) mass is 299 g/mol. The summed E-state index contributed by atoms with van der Waals surface area (Å²) in [4.78, 5) is 15.8. The minimum atomic E-state index is 0.0382. The van der Waals surface area contributed by atoms with E-state index in [0.29, 0.717) is 19.6 Å². The van der Waals surface area contributed by atoms with Crippen LogP contribution in [0.5, 0.6) is 0 Å². The van der Waals surface area contributed by atoms with Gasteiger partial charge in [0.05, 0.1) is 13.1 Å². The quantitative estimate of drug-likeness (QED) is 0.761. The molecule has 2 aromatic rings. The van der Waals surface area contributed by atoms with Gasteiger partial charge in [-0.05, 0) is 36.4 Å². The second kappa shape index (κ2) is 7.17. The van der Waals surface area contributed by atoms with Gasteiger partial charge in [0.25, 0.3) is 0 Å². The lowest BCUT2D eigenvalue weighted by atomic mass is 10.1. The molecule has 0 unspecified atom stereocenters. The van der Waals surface area contributed by atoms with Crippen LogP contribution in [0.3, 0.4) is 0 Å². The van der Waals surface area contributed by atoms with Crippen molar-refractivity contribution < 1.29 is 4.79 Å². The van der Waals surface area contributed by atoms with E-state index >= 15 is 0 Å². The number of benzene rings is 1. The molecule has 1 aromatic carbocycles. The summed E-state index contributed by atoms with van der Waals surface area (Å²) < 4.78 is 1.78. The highest BCUT2D eigenvalue weighted by Gasteiger charge is 2.20. The van der Waals surface area contributed by atoms with Gasteiger partial charge in [-0.15, -0.1) is 0 Å². The first-order valence-electron chi connectivity index (χ1n) is 7.68. The second-order valence-electron chi connectivity index (χ2n) is 5.71. The zero-order chi connectivity index (χ0) is 15.2. The molecule has 0 bridgehead atoms. The third-order valence-corrected chi connectivity index (χ3v) is 3.81. The third kappa shape index (κ3) is 4.39. The molecule has 1 aliphatic rings. The molecule has 0 spiro atoms. The Balaban J connectivity index is 1.49. The Hall–Kier alpha value is -2.21. The van der Waals surface area contributed by atoms with E-state index in [2.05, 4.69) is 26.8 Å². The van der Waals surface area contributed by atoms with Gasteiger partial charge in [0.2, 0.25) is 5.91 Å². The van der Waals surface area contributed by atoms with E-state index in [-0.39, 0.29) is 5.91 Å². The van der Waals surface area contributed by atoms with Crippen molar-refractivity contribution in [2.24, 2.45) is 5.92 Å². The Morgan fingerprint density at radius 1 is 1.27 bits per heavy atom. The minimum absolute atomic E-state index is 0.0382. The number of nitrogens with zero attached hydrogens (tertiary/aromatic N) is 3. The van der Waals surface area contributed by atoms with Crippen LogP contribution in [0.15, 0.2) is 36.9 Å². The van der Waals surface area contributed by atoms with E-state index in [1.165, 1.54) is 19.2 Å². The van der Waals surface area contributed by atoms with Gasteiger partial charge in [0.15, 0.2) is 0 Å². The SMILES string of the molecule is O=C(CNCC1CC1)NCc1ccccc1Cn1cncn1. The van der Waals surface area contributed by atoms with E-state index in [4.69, 9.17) is 0 Å². The number of hydrogen-bond donors (Lipinski definition) is 2. The van der Waals surface area contributed by atoms with Crippen LogP contribution in [-0.4, -0.2) is 33.8 Å². The van der Waals surface area contributed by atoms with Crippen LogP contribution >= 0.6 is 0 Å². The molecule has 3 rings (SSSR count). The second-order valence-corrected chi connectivity index (χ2v) is 5.71. The smallest absolute Gasteiger partial charge is 0.234 e. The first-order valence-corrected chi connectivity index (χ1v) is 7.68. The Labute approximate surface area is 129 Å². The first kappa shape index (κ1) is 14.7. The van der Waals surface area contributed by atoms with Crippen LogP contribution in [0.25, 0.3) is 0 Å². The molecule has 6 heteroatoms. The molecule has 6 nitrogen and oxygen atoms in total. The molecule has 0 radical (unpaired) electrons. The van der Waals surface area contributed by atoms with E-state index in [0.717, 1.165) is 23.6 Å². The molecule has 22 heavy (non-hydrogen) atoms. The molecule has 1 heterocycles. The van der Waals surface area contributed by atoms with Gasteiger partial charge in [-0.1, -0.05) is 24.3 Å². The van der Waals surface area contributed by atoms with E-state index in [9.17, 15) is 4.79 Å². The Bertz CT molecular complexity index is 607. The summed E-state index contributed by atoms with van der Waals surface area (Å²) in [5.74, 6) is 0.826. The summed E-state index contributed by atoms with van der Waals surface area (Å²) >= 11 is 0. The van der Waals surface area contributed by atoms with Crippen molar-refractivity contribution >= 4 is 5.91 Å². The summed E-state index contributed by atoms with van der Waals surface area (Å²) in [6.45, 7) is 2.54. The summed E-state index contributed by atoms with van der Waals surface area (Å²) in [5.41, 5.74) is 2.24. The fourth-order valence-corrected chi connectivity index (χ4v) is 2.34. The van der Waals surface area contributed by atoms with Gasteiger partial charge in [-0.2, -0.15) is 5.10 Å². The molecule has 1 fully saturated rings. The average molecular weight is 299 g/mol. The van der Waals surface area contributed by atoms with Gasteiger partial charge in [-0.3, -0.25) is 4.79 Å². The third-order valence-electron chi connectivity index (χ3n) is 3.81. The molecule has 0 atom stereocenters. The van der Waals surface area contributed by atoms with Crippen LogP contribution in [0.2, 0.25) is 0 Å². The molecular formula is C16H21N5O. The lowest BCUT2D eigenvalue weighted by molar-refractivity contribution is -0.120. The molecule has 0 aliphatic heterocycles. The summed E-state index contributed by atoms with van der Waals surface area (Å²) in [5, 5.41) is 10.3. The van der Waals surface area contributed by atoms with Gasteiger partial charge in [0, 0.05) is 6.54 Å². The lowest BCUT2D eigenvalue weighted by Crippen LogP contribution is -2.34. The highest BCUT2D eigenvalue weighted by molar-refractivity contribution is 5.78. The first-order chi connectivity index (χ1) is 10.8. The van der Waals surface area contributed by atoms with Crippen molar-refractivity contribution in [3.8, 4) is 0 Å². The maximum Gasteiger partial charge on any atom is 0.234 e. The predicted octanol–water partition coefficient (Wildman–Crippen LogP) is 0.942. The molecule has 0 saturated heterocycles. The molecule has 1 amide bonds. The Morgan fingerprint density at radius 2 is 2.09 bits per heavy atom. The number of hydrogen-bond acceptors (Lipinski definition) is 4. The highest BCUT2D eigenvalue weighted by Crippen LogP contribution is 2.27. The topological polar surface area (TPSA) is 71.8 Å². The molecule has 1 aromatic heterocycles. The fourth-order valence-electron chi connectivity index (χ4n) is 2.34. The molecule has 2 N–H and O–H groups in total.